The second-order valence-corrected chi connectivity index (χ2v) is 3.48. The molecule has 0 amide bonds. The van der Waals surface area contributed by atoms with Crippen LogP contribution in [0.5, 0.6) is 0 Å². The standard InChI is InChI=1S/C10H16O4/c1-3-14-10(12)8-5-4-7(6-8)9(11)13-2/h7-8H,3-6H2,1-2H3. The van der Waals surface area contributed by atoms with E-state index in [-0.39, 0.29) is 23.8 Å². The van der Waals surface area contributed by atoms with Crippen LogP contribution in [0, 0.1) is 11.8 Å². The molecule has 0 aromatic rings. The summed E-state index contributed by atoms with van der Waals surface area (Å²) >= 11 is 0. The SMILES string of the molecule is CCOC(=O)C1CCC(C(=O)OC)C1. The Hall–Kier alpha value is -1.06. The predicted molar refractivity (Wildman–Crippen MR) is 49.5 cm³/mol. The van der Waals surface area contributed by atoms with Crippen LogP contribution in [0.1, 0.15) is 26.2 Å². The second-order valence-electron chi connectivity index (χ2n) is 3.48. The first-order valence-electron chi connectivity index (χ1n) is 4.93. The summed E-state index contributed by atoms with van der Waals surface area (Å²) in [7, 11) is 1.38. The van der Waals surface area contributed by atoms with Crippen molar-refractivity contribution in [3.05, 3.63) is 0 Å². The van der Waals surface area contributed by atoms with E-state index in [4.69, 9.17) is 4.74 Å². The predicted octanol–water partition coefficient (Wildman–Crippen LogP) is 1.14. The minimum Gasteiger partial charge on any atom is -0.469 e. The summed E-state index contributed by atoms with van der Waals surface area (Å²) in [6.07, 6.45) is 2.04. The fourth-order valence-corrected chi connectivity index (χ4v) is 1.84. The van der Waals surface area contributed by atoms with E-state index in [0.717, 1.165) is 12.8 Å². The van der Waals surface area contributed by atoms with Crippen molar-refractivity contribution in [2.24, 2.45) is 11.8 Å². The third kappa shape index (κ3) is 2.47. The molecule has 80 valence electrons. The summed E-state index contributed by atoms with van der Waals surface area (Å²) in [6, 6.07) is 0. The lowest BCUT2D eigenvalue weighted by Gasteiger charge is -2.08. The molecule has 4 nitrogen and oxygen atoms in total. The van der Waals surface area contributed by atoms with E-state index in [0.29, 0.717) is 13.0 Å². The highest BCUT2D eigenvalue weighted by molar-refractivity contribution is 5.77. The van der Waals surface area contributed by atoms with Gasteiger partial charge in [-0.1, -0.05) is 0 Å². The van der Waals surface area contributed by atoms with Gasteiger partial charge in [-0.3, -0.25) is 9.59 Å². The molecule has 0 aliphatic heterocycles. The summed E-state index contributed by atoms with van der Waals surface area (Å²) in [6.45, 7) is 2.18. The first-order chi connectivity index (χ1) is 6.69. The van der Waals surface area contributed by atoms with Crippen molar-refractivity contribution in [2.45, 2.75) is 26.2 Å². The number of carbonyl (C=O) groups excluding carboxylic acids is 2. The molecule has 1 rings (SSSR count). The van der Waals surface area contributed by atoms with Crippen molar-refractivity contribution in [3.63, 3.8) is 0 Å². The summed E-state index contributed by atoms with van der Waals surface area (Å²) in [4.78, 5) is 22.5. The largest absolute Gasteiger partial charge is 0.469 e. The molecule has 0 spiro atoms. The van der Waals surface area contributed by atoms with Crippen LogP contribution in [-0.4, -0.2) is 25.7 Å². The van der Waals surface area contributed by atoms with Crippen LogP contribution >= 0.6 is 0 Å². The Kier molecular flexibility index (Phi) is 3.92. The molecule has 4 heteroatoms. The number of rotatable bonds is 3. The highest BCUT2D eigenvalue weighted by Gasteiger charge is 2.35. The van der Waals surface area contributed by atoms with Gasteiger partial charge >= 0.3 is 11.9 Å². The van der Waals surface area contributed by atoms with Crippen molar-refractivity contribution >= 4 is 11.9 Å². The topological polar surface area (TPSA) is 52.6 Å². The molecule has 1 aliphatic rings. The quantitative estimate of drug-likeness (QED) is 0.641. The van der Waals surface area contributed by atoms with Crippen molar-refractivity contribution in [3.8, 4) is 0 Å². The van der Waals surface area contributed by atoms with Gasteiger partial charge in [0.15, 0.2) is 0 Å². The number of esters is 2. The van der Waals surface area contributed by atoms with Gasteiger partial charge in [0.2, 0.25) is 0 Å². The van der Waals surface area contributed by atoms with Gasteiger partial charge in [-0.05, 0) is 26.2 Å². The third-order valence-electron chi connectivity index (χ3n) is 2.59. The molecule has 1 fully saturated rings. The normalized spacial score (nSPS) is 25.9. The Morgan fingerprint density at radius 3 is 2.29 bits per heavy atom. The molecular formula is C10H16O4. The molecule has 1 saturated carbocycles. The summed E-state index contributed by atoms with van der Waals surface area (Å²) in [5, 5.41) is 0. The van der Waals surface area contributed by atoms with Gasteiger partial charge < -0.3 is 9.47 Å². The number of carbonyl (C=O) groups is 2. The summed E-state index contributed by atoms with van der Waals surface area (Å²) in [5.74, 6) is -0.621. The van der Waals surface area contributed by atoms with Crippen LogP contribution in [0.15, 0.2) is 0 Å². The molecule has 14 heavy (non-hydrogen) atoms. The van der Waals surface area contributed by atoms with E-state index in [9.17, 15) is 9.59 Å². The zero-order chi connectivity index (χ0) is 10.6. The molecule has 0 aromatic heterocycles. The Labute approximate surface area is 83.6 Å². The lowest BCUT2D eigenvalue weighted by Crippen LogP contribution is -2.17. The number of ether oxygens (including phenoxy) is 2. The maximum Gasteiger partial charge on any atom is 0.308 e. The first-order valence-corrected chi connectivity index (χ1v) is 4.93. The molecule has 0 radical (unpaired) electrons. The second kappa shape index (κ2) is 4.98. The minimum absolute atomic E-state index is 0.112. The molecule has 0 saturated heterocycles. The fraction of sp³-hybridized carbons (Fsp3) is 0.800. The Balaban J connectivity index is 2.41. The molecule has 1 aliphatic carbocycles. The molecule has 0 N–H and O–H groups in total. The summed E-state index contributed by atoms with van der Waals surface area (Å²) in [5.41, 5.74) is 0. The Bertz CT molecular complexity index is 224. The highest BCUT2D eigenvalue weighted by atomic mass is 16.5. The van der Waals surface area contributed by atoms with Crippen molar-refractivity contribution in [2.75, 3.05) is 13.7 Å². The smallest absolute Gasteiger partial charge is 0.308 e. The third-order valence-corrected chi connectivity index (χ3v) is 2.59. The van der Waals surface area contributed by atoms with Gasteiger partial charge in [-0.25, -0.2) is 0 Å². The Morgan fingerprint density at radius 2 is 1.79 bits per heavy atom. The molecule has 0 bridgehead atoms. The molecule has 2 atom stereocenters. The van der Waals surface area contributed by atoms with Gasteiger partial charge in [0.05, 0.1) is 25.6 Å². The molecule has 0 aromatic carbocycles. The highest BCUT2D eigenvalue weighted by Crippen LogP contribution is 2.32. The van der Waals surface area contributed by atoms with Crippen LogP contribution < -0.4 is 0 Å². The van der Waals surface area contributed by atoms with Crippen molar-refractivity contribution < 1.29 is 19.1 Å². The van der Waals surface area contributed by atoms with E-state index in [1.807, 2.05) is 0 Å². The lowest BCUT2D eigenvalue weighted by molar-refractivity contribution is -0.148. The van der Waals surface area contributed by atoms with Gasteiger partial charge in [0, 0.05) is 0 Å². The molecular weight excluding hydrogens is 184 g/mol. The summed E-state index contributed by atoms with van der Waals surface area (Å²) < 4.78 is 9.53. The fourth-order valence-electron chi connectivity index (χ4n) is 1.84. The van der Waals surface area contributed by atoms with E-state index < -0.39 is 0 Å². The Morgan fingerprint density at radius 1 is 1.21 bits per heavy atom. The van der Waals surface area contributed by atoms with Crippen molar-refractivity contribution in [1.29, 1.82) is 0 Å². The van der Waals surface area contributed by atoms with Crippen LogP contribution in [-0.2, 0) is 19.1 Å². The molecule has 2 unspecified atom stereocenters. The van der Waals surface area contributed by atoms with Crippen LogP contribution in [0.25, 0.3) is 0 Å². The van der Waals surface area contributed by atoms with E-state index >= 15 is 0 Å². The lowest BCUT2D eigenvalue weighted by atomic mass is 10.1. The number of hydrogen-bond donors (Lipinski definition) is 0. The van der Waals surface area contributed by atoms with Crippen LogP contribution in [0.4, 0.5) is 0 Å². The number of hydrogen-bond acceptors (Lipinski definition) is 4. The van der Waals surface area contributed by atoms with Gasteiger partial charge in [-0.15, -0.1) is 0 Å². The maximum absolute atomic E-state index is 11.3. The zero-order valence-electron chi connectivity index (χ0n) is 8.62. The average Bonchev–Trinajstić information content (AvgIpc) is 2.66. The van der Waals surface area contributed by atoms with E-state index in [1.165, 1.54) is 7.11 Å². The van der Waals surface area contributed by atoms with Gasteiger partial charge in [0.25, 0.3) is 0 Å². The van der Waals surface area contributed by atoms with Gasteiger partial charge in [-0.2, -0.15) is 0 Å². The average molecular weight is 200 g/mol. The van der Waals surface area contributed by atoms with E-state index in [2.05, 4.69) is 4.74 Å². The monoisotopic (exact) mass is 200 g/mol. The maximum atomic E-state index is 11.3. The first kappa shape index (κ1) is 11.0. The minimum atomic E-state index is -0.211. The zero-order valence-corrected chi connectivity index (χ0v) is 8.62. The van der Waals surface area contributed by atoms with Crippen molar-refractivity contribution in [1.82, 2.24) is 0 Å². The molecule has 0 heterocycles. The van der Waals surface area contributed by atoms with Crippen LogP contribution in [0.3, 0.4) is 0 Å². The number of methoxy groups -OCH3 is 1. The van der Waals surface area contributed by atoms with E-state index in [1.54, 1.807) is 6.92 Å². The van der Waals surface area contributed by atoms with Crippen LogP contribution in [0.2, 0.25) is 0 Å². The van der Waals surface area contributed by atoms with Gasteiger partial charge in [0.1, 0.15) is 0 Å².